The third kappa shape index (κ3) is 3.25. The lowest BCUT2D eigenvalue weighted by Gasteiger charge is -2.21. The molecule has 0 spiro atoms. The number of nitrogens with one attached hydrogen (secondary N) is 1. The van der Waals surface area contributed by atoms with E-state index in [2.05, 4.69) is 65.6 Å². The molecule has 1 unspecified atom stereocenters. The molecule has 0 fully saturated rings. The number of benzene rings is 1. The Bertz CT molecular complexity index is 594. The van der Waals surface area contributed by atoms with Crippen LogP contribution in [0.4, 0.5) is 0 Å². The fraction of sp³-hybridized carbons (Fsp3) is 0.375. The molecule has 108 valence electrons. The zero-order chi connectivity index (χ0) is 14.7. The summed E-state index contributed by atoms with van der Waals surface area (Å²) in [7, 11) is 1.72. The molecule has 0 saturated carbocycles. The Balaban J connectivity index is 2.46. The van der Waals surface area contributed by atoms with E-state index in [1.165, 1.54) is 21.6 Å². The summed E-state index contributed by atoms with van der Waals surface area (Å²) in [5, 5.41) is 5.71. The van der Waals surface area contributed by atoms with Gasteiger partial charge in [-0.2, -0.15) is 0 Å². The summed E-state index contributed by atoms with van der Waals surface area (Å²) in [6, 6.07) is 6.78. The molecule has 4 heteroatoms. The van der Waals surface area contributed by atoms with Crippen LogP contribution in [0.15, 0.2) is 28.1 Å². The first-order valence-corrected chi connectivity index (χ1v) is 8.36. The number of thiophene rings is 1. The van der Waals surface area contributed by atoms with E-state index in [1.807, 2.05) is 0 Å². The average Bonchev–Trinajstić information content (AvgIpc) is 2.85. The Morgan fingerprint density at radius 2 is 2.00 bits per heavy atom. The van der Waals surface area contributed by atoms with Crippen molar-refractivity contribution in [1.82, 2.24) is 5.32 Å². The summed E-state index contributed by atoms with van der Waals surface area (Å²) in [6.45, 7) is 7.31. The van der Waals surface area contributed by atoms with Crippen LogP contribution in [0.2, 0.25) is 0 Å². The van der Waals surface area contributed by atoms with Crippen molar-refractivity contribution in [1.29, 1.82) is 0 Å². The van der Waals surface area contributed by atoms with E-state index < -0.39 is 0 Å². The molecule has 2 rings (SSSR count). The average molecular weight is 354 g/mol. The lowest BCUT2D eigenvalue weighted by molar-refractivity contribution is 0.411. The molecule has 1 atom stereocenters. The number of methoxy groups -OCH3 is 1. The molecular formula is C16H20BrNOS. The number of halogens is 1. The number of ether oxygens (including phenoxy) is 1. The van der Waals surface area contributed by atoms with Gasteiger partial charge in [0.25, 0.3) is 0 Å². The van der Waals surface area contributed by atoms with Crippen molar-refractivity contribution in [3.05, 3.63) is 49.6 Å². The zero-order valence-electron chi connectivity index (χ0n) is 12.3. The molecule has 0 bridgehead atoms. The highest BCUT2D eigenvalue weighted by Gasteiger charge is 2.18. The fourth-order valence-electron chi connectivity index (χ4n) is 2.39. The maximum absolute atomic E-state index is 5.41. The molecule has 1 aromatic carbocycles. The molecule has 2 nitrogen and oxygen atoms in total. The predicted molar refractivity (Wildman–Crippen MR) is 90.0 cm³/mol. The van der Waals surface area contributed by atoms with Crippen LogP contribution >= 0.6 is 27.3 Å². The number of hydrogen-bond donors (Lipinski definition) is 1. The Labute approximate surface area is 133 Å². The number of rotatable bonds is 5. The monoisotopic (exact) mass is 353 g/mol. The van der Waals surface area contributed by atoms with E-state index in [0.29, 0.717) is 0 Å². The minimum absolute atomic E-state index is 0.237. The van der Waals surface area contributed by atoms with Crippen molar-refractivity contribution in [2.45, 2.75) is 26.8 Å². The van der Waals surface area contributed by atoms with Crippen LogP contribution in [0.25, 0.3) is 0 Å². The number of hydrogen-bond acceptors (Lipinski definition) is 3. The molecule has 0 aliphatic carbocycles. The van der Waals surface area contributed by atoms with Crippen LogP contribution < -0.4 is 10.1 Å². The van der Waals surface area contributed by atoms with Gasteiger partial charge in [-0.1, -0.05) is 13.0 Å². The second kappa shape index (κ2) is 6.74. The standard InChI is InChI=1S/C16H20BrNOS/c1-5-18-16(15-8-12(17)9-20-15)13-6-11(3)14(19-4)7-10(13)2/h6-9,16,18H,5H2,1-4H3. The quantitative estimate of drug-likeness (QED) is 0.830. The summed E-state index contributed by atoms with van der Waals surface area (Å²) in [5.74, 6) is 0.953. The third-order valence-corrected chi connectivity index (χ3v) is 5.13. The lowest BCUT2D eigenvalue weighted by Crippen LogP contribution is -2.22. The molecule has 1 heterocycles. The first-order valence-electron chi connectivity index (χ1n) is 6.69. The van der Waals surface area contributed by atoms with Crippen molar-refractivity contribution >= 4 is 27.3 Å². The summed E-state index contributed by atoms with van der Waals surface area (Å²) in [5.41, 5.74) is 3.74. The number of aryl methyl sites for hydroxylation is 2. The molecule has 20 heavy (non-hydrogen) atoms. The van der Waals surface area contributed by atoms with Crippen LogP contribution in [-0.2, 0) is 0 Å². The van der Waals surface area contributed by atoms with Gasteiger partial charge in [-0.3, -0.25) is 0 Å². The maximum atomic E-state index is 5.41. The van der Waals surface area contributed by atoms with Crippen LogP contribution in [0, 0.1) is 13.8 Å². The molecule has 0 aliphatic rings. The molecule has 0 aliphatic heterocycles. The molecule has 1 aromatic heterocycles. The first-order chi connectivity index (χ1) is 9.56. The van der Waals surface area contributed by atoms with Gasteiger partial charge in [0.05, 0.1) is 13.2 Å². The van der Waals surface area contributed by atoms with Gasteiger partial charge in [-0.15, -0.1) is 11.3 Å². The third-order valence-electron chi connectivity index (χ3n) is 3.38. The fourth-order valence-corrected chi connectivity index (χ4v) is 3.93. The van der Waals surface area contributed by atoms with E-state index in [9.17, 15) is 0 Å². The first kappa shape index (κ1) is 15.5. The summed E-state index contributed by atoms with van der Waals surface area (Å²) < 4.78 is 6.55. The predicted octanol–water partition coefficient (Wildman–Crippen LogP) is 4.83. The van der Waals surface area contributed by atoms with Crippen LogP contribution in [0.1, 0.15) is 34.5 Å². The SMILES string of the molecule is CCNC(c1cc(Br)cs1)c1cc(C)c(OC)cc1C. The Kier molecular flexibility index (Phi) is 5.24. The van der Waals surface area contributed by atoms with Gasteiger partial charge in [0.2, 0.25) is 0 Å². The Morgan fingerprint density at radius 1 is 1.25 bits per heavy atom. The van der Waals surface area contributed by atoms with Gasteiger partial charge in [0.15, 0.2) is 0 Å². The van der Waals surface area contributed by atoms with Gasteiger partial charge >= 0.3 is 0 Å². The van der Waals surface area contributed by atoms with Gasteiger partial charge < -0.3 is 10.1 Å². The Morgan fingerprint density at radius 3 is 2.55 bits per heavy atom. The second-order valence-electron chi connectivity index (χ2n) is 4.84. The van der Waals surface area contributed by atoms with Crippen LogP contribution in [-0.4, -0.2) is 13.7 Å². The normalized spacial score (nSPS) is 12.4. The van der Waals surface area contributed by atoms with Crippen molar-refractivity contribution in [3.8, 4) is 5.75 Å². The van der Waals surface area contributed by atoms with Gasteiger partial charge in [0.1, 0.15) is 5.75 Å². The largest absolute Gasteiger partial charge is 0.496 e. The molecule has 0 saturated heterocycles. The van der Waals surface area contributed by atoms with E-state index in [0.717, 1.165) is 16.8 Å². The highest BCUT2D eigenvalue weighted by molar-refractivity contribution is 9.10. The van der Waals surface area contributed by atoms with E-state index >= 15 is 0 Å². The molecule has 2 aromatic rings. The summed E-state index contributed by atoms with van der Waals surface area (Å²) in [6.07, 6.45) is 0. The van der Waals surface area contributed by atoms with Gasteiger partial charge in [-0.05, 0) is 65.1 Å². The molecule has 0 amide bonds. The molecular weight excluding hydrogens is 334 g/mol. The van der Waals surface area contributed by atoms with Crippen molar-refractivity contribution in [2.75, 3.05) is 13.7 Å². The topological polar surface area (TPSA) is 21.3 Å². The van der Waals surface area contributed by atoms with E-state index in [4.69, 9.17) is 4.74 Å². The van der Waals surface area contributed by atoms with E-state index in [-0.39, 0.29) is 6.04 Å². The lowest BCUT2D eigenvalue weighted by atomic mass is 9.97. The minimum Gasteiger partial charge on any atom is -0.496 e. The maximum Gasteiger partial charge on any atom is 0.122 e. The Hall–Kier alpha value is -0.840. The van der Waals surface area contributed by atoms with Crippen molar-refractivity contribution in [3.63, 3.8) is 0 Å². The molecule has 0 radical (unpaired) electrons. The van der Waals surface area contributed by atoms with Gasteiger partial charge in [0, 0.05) is 14.7 Å². The van der Waals surface area contributed by atoms with Crippen LogP contribution in [0.5, 0.6) is 5.75 Å². The van der Waals surface area contributed by atoms with Crippen molar-refractivity contribution in [2.24, 2.45) is 0 Å². The summed E-state index contributed by atoms with van der Waals surface area (Å²) in [4.78, 5) is 1.33. The summed E-state index contributed by atoms with van der Waals surface area (Å²) >= 11 is 5.32. The van der Waals surface area contributed by atoms with Crippen LogP contribution in [0.3, 0.4) is 0 Å². The van der Waals surface area contributed by atoms with Gasteiger partial charge in [-0.25, -0.2) is 0 Å². The highest BCUT2D eigenvalue weighted by atomic mass is 79.9. The highest BCUT2D eigenvalue weighted by Crippen LogP contribution is 2.34. The van der Waals surface area contributed by atoms with E-state index in [1.54, 1.807) is 18.4 Å². The second-order valence-corrected chi connectivity index (χ2v) is 6.69. The van der Waals surface area contributed by atoms with Crippen molar-refractivity contribution < 1.29 is 4.74 Å². The minimum atomic E-state index is 0.237. The zero-order valence-corrected chi connectivity index (χ0v) is 14.7. The molecule has 1 N–H and O–H groups in total. The smallest absolute Gasteiger partial charge is 0.122 e.